The molecule has 34 heavy (non-hydrogen) atoms. The predicted molar refractivity (Wildman–Crippen MR) is 140 cm³/mol. The molecule has 0 heterocycles. The van der Waals surface area contributed by atoms with Crippen LogP contribution >= 0.6 is 0 Å². The van der Waals surface area contributed by atoms with Gasteiger partial charge in [-0.3, -0.25) is 9.59 Å². The summed E-state index contributed by atoms with van der Waals surface area (Å²) >= 11 is 0. The van der Waals surface area contributed by atoms with Crippen molar-refractivity contribution in [2.45, 2.75) is 45.7 Å². The number of rotatable bonds is 10. The fourth-order valence-electron chi connectivity index (χ4n) is 4.16. The van der Waals surface area contributed by atoms with Crippen molar-refractivity contribution in [1.82, 2.24) is 4.90 Å². The first-order valence-electron chi connectivity index (χ1n) is 11.9. The summed E-state index contributed by atoms with van der Waals surface area (Å²) < 4.78 is 0. The van der Waals surface area contributed by atoms with Crippen LogP contribution in [0.4, 0.5) is 11.4 Å². The average molecular weight is 458 g/mol. The number of nitrogens with zero attached hydrogens (tertiary/aromatic N) is 2. The standard InChI is InChI=1S/C29H35N3O2/c1-5-26(23-15-11-8-12-16-23)29(34)32(20-22-13-9-7-10-14-22)21-24-19-25(30-28(33)6-2)17-18-27(24)31(3)4/h7-19,26H,5-6,20-21H2,1-4H3,(H,30,33)/t26-/m0/s1. The van der Waals surface area contributed by atoms with Crippen LogP contribution in [0.5, 0.6) is 0 Å². The van der Waals surface area contributed by atoms with Gasteiger partial charge in [0.1, 0.15) is 0 Å². The molecule has 5 heteroatoms. The first kappa shape index (κ1) is 25.0. The van der Waals surface area contributed by atoms with E-state index in [1.807, 2.05) is 97.5 Å². The molecule has 0 radical (unpaired) electrons. The second-order valence-corrected chi connectivity index (χ2v) is 8.69. The fourth-order valence-corrected chi connectivity index (χ4v) is 4.16. The van der Waals surface area contributed by atoms with Crippen molar-refractivity contribution in [3.8, 4) is 0 Å². The Hall–Kier alpha value is -3.60. The molecule has 3 aromatic rings. The summed E-state index contributed by atoms with van der Waals surface area (Å²) in [5.74, 6) is -0.142. The van der Waals surface area contributed by atoms with Crippen LogP contribution in [-0.2, 0) is 22.7 Å². The minimum atomic E-state index is -0.212. The topological polar surface area (TPSA) is 52.7 Å². The van der Waals surface area contributed by atoms with Gasteiger partial charge in [-0.25, -0.2) is 0 Å². The van der Waals surface area contributed by atoms with Gasteiger partial charge in [0.25, 0.3) is 0 Å². The maximum atomic E-state index is 13.9. The number of hydrogen-bond acceptors (Lipinski definition) is 3. The molecule has 2 amide bonds. The summed E-state index contributed by atoms with van der Waals surface area (Å²) in [6, 6.07) is 26.0. The molecule has 0 aromatic heterocycles. The van der Waals surface area contributed by atoms with Crippen molar-refractivity contribution in [1.29, 1.82) is 0 Å². The molecular weight excluding hydrogens is 422 g/mol. The molecule has 0 aliphatic rings. The number of hydrogen-bond donors (Lipinski definition) is 1. The number of amides is 2. The third-order valence-corrected chi connectivity index (χ3v) is 5.96. The Labute approximate surface area is 203 Å². The molecule has 0 spiro atoms. The summed E-state index contributed by atoms with van der Waals surface area (Å²) in [6.07, 6.45) is 1.14. The lowest BCUT2D eigenvalue weighted by Gasteiger charge is -2.29. The van der Waals surface area contributed by atoms with E-state index in [4.69, 9.17) is 0 Å². The summed E-state index contributed by atoms with van der Waals surface area (Å²) in [7, 11) is 3.98. The van der Waals surface area contributed by atoms with E-state index in [1.54, 1.807) is 0 Å². The molecule has 1 N–H and O–H groups in total. The van der Waals surface area contributed by atoms with E-state index in [9.17, 15) is 9.59 Å². The lowest BCUT2D eigenvalue weighted by Crippen LogP contribution is -2.34. The van der Waals surface area contributed by atoms with E-state index in [0.717, 1.165) is 34.5 Å². The number of benzene rings is 3. The van der Waals surface area contributed by atoms with Crippen molar-refractivity contribution < 1.29 is 9.59 Å². The second-order valence-electron chi connectivity index (χ2n) is 8.69. The lowest BCUT2D eigenvalue weighted by atomic mass is 9.94. The molecule has 3 rings (SSSR count). The molecular formula is C29H35N3O2. The van der Waals surface area contributed by atoms with Crippen molar-refractivity contribution in [3.05, 3.63) is 95.6 Å². The van der Waals surface area contributed by atoms with E-state index < -0.39 is 0 Å². The smallest absolute Gasteiger partial charge is 0.230 e. The normalized spacial score (nSPS) is 11.5. The monoisotopic (exact) mass is 457 g/mol. The first-order chi connectivity index (χ1) is 16.4. The van der Waals surface area contributed by atoms with Gasteiger partial charge >= 0.3 is 0 Å². The molecule has 3 aromatic carbocycles. The zero-order chi connectivity index (χ0) is 24.5. The van der Waals surface area contributed by atoms with Gasteiger partial charge in [-0.2, -0.15) is 0 Å². The SMILES string of the molecule is CCC(=O)Nc1ccc(N(C)C)c(CN(Cc2ccccc2)C(=O)[C@@H](CC)c2ccccc2)c1. The molecule has 0 aliphatic carbocycles. The summed E-state index contributed by atoms with van der Waals surface area (Å²) in [4.78, 5) is 29.9. The van der Waals surface area contributed by atoms with E-state index in [0.29, 0.717) is 19.5 Å². The summed E-state index contributed by atoms with van der Waals surface area (Å²) in [5, 5.41) is 2.95. The lowest BCUT2D eigenvalue weighted by molar-refractivity contribution is -0.134. The van der Waals surface area contributed by atoms with Crippen LogP contribution < -0.4 is 10.2 Å². The van der Waals surface area contributed by atoms with Gasteiger partial charge in [0.15, 0.2) is 0 Å². The van der Waals surface area contributed by atoms with Gasteiger partial charge < -0.3 is 15.1 Å². The van der Waals surface area contributed by atoms with Gasteiger partial charge in [-0.15, -0.1) is 0 Å². The first-order valence-corrected chi connectivity index (χ1v) is 11.9. The molecule has 1 atom stereocenters. The van der Waals surface area contributed by atoms with E-state index in [1.165, 1.54) is 0 Å². The van der Waals surface area contributed by atoms with Crippen LogP contribution in [0.2, 0.25) is 0 Å². The van der Waals surface area contributed by atoms with Gasteiger partial charge in [-0.05, 0) is 41.3 Å². The summed E-state index contributed by atoms with van der Waals surface area (Å²) in [5.41, 5.74) is 4.87. The Bertz CT molecular complexity index is 1080. The van der Waals surface area contributed by atoms with E-state index in [-0.39, 0.29) is 17.7 Å². The fraction of sp³-hybridized carbons (Fsp3) is 0.310. The van der Waals surface area contributed by atoms with Crippen LogP contribution in [0.25, 0.3) is 0 Å². The average Bonchev–Trinajstić information content (AvgIpc) is 2.85. The van der Waals surface area contributed by atoms with Crippen LogP contribution in [0, 0.1) is 0 Å². The van der Waals surface area contributed by atoms with Crippen LogP contribution in [0.1, 0.15) is 49.3 Å². The van der Waals surface area contributed by atoms with Gasteiger partial charge in [0, 0.05) is 45.0 Å². The Balaban J connectivity index is 1.98. The molecule has 0 unspecified atom stereocenters. The molecule has 5 nitrogen and oxygen atoms in total. The highest BCUT2D eigenvalue weighted by Crippen LogP contribution is 2.28. The molecule has 0 bridgehead atoms. The molecule has 0 fully saturated rings. The highest BCUT2D eigenvalue weighted by atomic mass is 16.2. The van der Waals surface area contributed by atoms with Crippen molar-refractivity contribution >= 4 is 23.2 Å². The zero-order valence-electron chi connectivity index (χ0n) is 20.6. The molecule has 0 saturated heterocycles. The van der Waals surface area contributed by atoms with Gasteiger partial charge in [-0.1, -0.05) is 74.5 Å². The quantitative estimate of drug-likeness (QED) is 0.417. The number of carbonyl (C=O) groups is 2. The number of nitrogens with one attached hydrogen (secondary N) is 1. The van der Waals surface area contributed by atoms with Crippen molar-refractivity contribution in [2.75, 3.05) is 24.3 Å². The maximum absolute atomic E-state index is 13.9. The minimum absolute atomic E-state index is 0.0316. The van der Waals surface area contributed by atoms with Crippen LogP contribution in [-0.4, -0.2) is 30.8 Å². The van der Waals surface area contributed by atoms with E-state index in [2.05, 4.69) is 24.4 Å². The van der Waals surface area contributed by atoms with Gasteiger partial charge in [0.2, 0.25) is 11.8 Å². The van der Waals surface area contributed by atoms with E-state index >= 15 is 0 Å². The number of carbonyl (C=O) groups excluding carboxylic acids is 2. The predicted octanol–water partition coefficient (Wildman–Crippen LogP) is 5.82. The second kappa shape index (κ2) is 12.0. The maximum Gasteiger partial charge on any atom is 0.230 e. The highest BCUT2D eigenvalue weighted by molar-refractivity contribution is 5.91. The van der Waals surface area contributed by atoms with Crippen molar-refractivity contribution in [2.24, 2.45) is 0 Å². The molecule has 178 valence electrons. The number of anilines is 2. The third-order valence-electron chi connectivity index (χ3n) is 5.96. The Morgan fingerprint density at radius 3 is 2.09 bits per heavy atom. The highest BCUT2D eigenvalue weighted by Gasteiger charge is 2.26. The molecule has 0 aliphatic heterocycles. The Morgan fingerprint density at radius 1 is 0.853 bits per heavy atom. The van der Waals surface area contributed by atoms with Crippen LogP contribution in [0.3, 0.4) is 0 Å². The zero-order valence-corrected chi connectivity index (χ0v) is 20.6. The summed E-state index contributed by atoms with van der Waals surface area (Å²) in [6.45, 7) is 4.85. The molecule has 0 saturated carbocycles. The van der Waals surface area contributed by atoms with Crippen molar-refractivity contribution in [3.63, 3.8) is 0 Å². The van der Waals surface area contributed by atoms with Crippen LogP contribution in [0.15, 0.2) is 78.9 Å². The Morgan fingerprint density at radius 2 is 1.50 bits per heavy atom. The Kier molecular flexibility index (Phi) is 8.86. The minimum Gasteiger partial charge on any atom is -0.377 e. The largest absolute Gasteiger partial charge is 0.377 e. The van der Waals surface area contributed by atoms with Gasteiger partial charge in [0.05, 0.1) is 5.92 Å². The third kappa shape index (κ3) is 6.47.